The minimum Gasteiger partial charge on any atom is -0.326 e. The molecule has 148 valence electrons. The Bertz CT molecular complexity index is 1060. The number of hydrogen-bond acceptors (Lipinski definition) is 5. The maximum Gasteiger partial charge on any atom is 0.274 e. The molecule has 0 radical (unpaired) electrons. The fourth-order valence-electron chi connectivity index (χ4n) is 3.95. The molecule has 0 bridgehead atoms. The molecule has 2 heterocycles. The Morgan fingerprint density at radius 1 is 1.18 bits per heavy atom. The smallest absolute Gasteiger partial charge is 0.274 e. The van der Waals surface area contributed by atoms with Gasteiger partial charge in [-0.1, -0.05) is 6.07 Å². The van der Waals surface area contributed by atoms with E-state index in [-0.39, 0.29) is 29.4 Å². The van der Waals surface area contributed by atoms with E-state index in [4.69, 9.17) is 0 Å². The lowest BCUT2D eigenvalue weighted by Gasteiger charge is -2.15. The predicted molar refractivity (Wildman–Crippen MR) is 105 cm³/mol. The average Bonchev–Trinajstić information content (AvgIpc) is 3.27. The summed E-state index contributed by atoms with van der Waals surface area (Å²) >= 11 is 0. The highest BCUT2D eigenvalue weighted by atomic mass is 32.2. The normalized spacial score (nSPS) is 20.0. The van der Waals surface area contributed by atoms with Crippen molar-refractivity contribution in [2.24, 2.45) is 0 Å². The zero-order chi connectivity index (χ0) is 19.9. The second-order valence-electron chi connectivity index (χ2n) is 7.34. The first-order valence-electron chi connectivity index (χ1n) is 9.32. The first-order valence-corrected chi connectivity index (χ1v) is 11.1. The Morgan fingerprint density at radius 3 is 2.61 bits per heavy atom. The lowest BCUT2D eigenvalue weighted by atomic mass is 10.1. The molecule has 1 saturated heterocycles. The molecule has 1 aromatic carbocycles. The van der Waals surface area contributed by atoms with E-state index in [0.717, 1.165) is 30.5 Å². The van der Waals surface area contributed by atoms with E-state index in [9.17, 15) is 18.0 Å². The molecule has 1 fully saturated rings. The van der Waals surface area contributed by atoms with Crippen LogP contribution in [0.3, 0.4) is 0 Å². The first kappa shape index (κ1) is 18.7. The number of hydrogen-bond donors (Lipinski definition) is 2. The lowest BCUT2D eigenvalue weighted by Crippen LogP contribution is -2.23. The van der Waals surface area contributed by atoms with Gasteiger partial charge in [-0.25, -0.2) is 8.42 Å². The van der Waals surface area contributed by atoms with Crippen LogP contribution in [0.2, 0.25) is 0 Å². The average molecular weight is 402 g/mol. The number of nitrogens with one attached hydrogen (secondary N) is 2. The predicted octanol–water partition coefficient (Wildman–Crippen LogP) is 1.94. The van der Waals surface area contributed by atoms with Gasteiger partial charge in [0.15, 0.2) is 9.84 Å². The number of carbonyl (C=O) groups excluding carboxylic acids is 2. The van der Waals surface area contributed by atoms with Crippen LogP contribution in [-0.4, -0.2) is 41.5 Å². The van der Waals surface area contributed by atoms with Gasteiger partial charge in [-0.2, -0.15) is 5.10 Å². The number of nitrogens with zero attached hydrogens (tertiary/aromatic N) is 2. The van der Waals surface area contributed by atoms with Crippen LogP contribution >= 0.6 is 0 Å². The van der Waals surface area contributed by atoms with Crippen molar-refractivity contribution in [2.45, 2.75) is 38.6 Å². The van der Waals surface area contributed by atoms with E-state index in [2.05, 4.69) is 15.7 Å². The number of rotatable bonds is 4. The number of benzene rings is 1. The second-order valence-corrected chi connectivity index (χ2v) is 9.57. The fourth-order valence-corrected chi connectivity index (χ4v) is 5.65. The largest absolute Gasteiger partial charge is 0.326 e. The van der Waals surface area contributed by atoms with E-state index in [1.807, 2.05) is 0 Å². The first-order chi connectivity index (χ1) is 13.3. The number of fused-ring (bicyclic) bond motifs is 1. The standard InChI is InChI=1S/C19H22N4O4S/c1-12(24)20-13-4-2-5-14(10-13)21-19(25)18-16-6-3-7-17(16)22-23(18)15-8-9-28(26,27)11-15/h2,4-5,10,15H,3,6-9,11H2,1H3,(H,20,24)(H,21,25). The topological polar surface area (TPSA) is 110 Å². The van der Waals surface area contributed by atoms with Crippen molar-refractivity contribution < 1.29 is 18.0 Å². The molecule has 8 nitrogen and oxygen atoms in total. The quantitative estimate of drug-likeness (QED) is 0.812. The zero-order valence-corrected chi connectivity index (χ0v) is 16.4. The van der Waals surface area contributed by atoms with E-state index in [1.54, 1.807) is 28.9 Å². The Balaban J connectivity index is 1.63. The lowest BCUT2D eigenvalue weighted by molar-refractivity contribution is -0.114. The number of aromatic nitrogens is 2. The summed E-state index contributed by atoms with van der Waals surface area (Å²) in [5.74, 6) is -0.352. The third-order valence-electron chi connectivity index (χ3n) is 5.14. The molecule has 9 heteroatoms. The molecule has 2 amide bonds. The Labute approximate surface area is 163 Å². The Morgan fingerprint density at radius 2 is 1.93 bits per heavy atom. The summed E-state index contributed by atoms with van der Waals surface area (Å²) in [6.45, 7) is 1.42. The number of sulfone groups is 1. The molecule has 1 aliphatic carbocycles. The minimum absolute atomic E-state index is 0.0197. The van der Waals surface area contributed by atoms with E-state index >= 15 is 0 Å². The maximum atomic E-state index is 13.1. The van der Waals surface area contributed by atoms with Gasteiger partial charge in [-0.15, -0.1) is 0 Å². The summed E-state index contributed by atoms with van der Waals surface area (Å²) in [6.07, 6.45) is 2.99. The van der Waals surface area contributed by atoms with Gasteiger partial charge in [0.05, 0.1) is 23.2 Å². The summed E-state index contributed by atoms with van der Waals surface area (Å²) in [4.78, 5) is 24.3. The van der Waals surface area contributed by atoms with Gasteiger partial charge in [0.2, 0.25) is 5.91 Å². The van der Waals surface area contributed by atoms with Crippen LogP contribution in [0.25, 0.3) is 0 Å². The number of carbonyl (C=O) groups is 2. The molecule has 1 aromatic heterocycles. The van der Waals surface area contributed by atoms with Crippen LogP contribution in [0.4, 0.5) is 11.4 Å². The highest BCUT2D eigenvalue weighted by Gasteiger charge is 2.35. The molecule has 2 N–H and O–H groups in total. The van der Waals surface area contributed by atoms with E-state index in [0.29, 0.717) is 23.5 Å². The van der Waals surface area contributed by atoms with Gasteiger partial charge in [-0.05, 0) is 43.9 Å². The molecule has 2 aliphatic rings. The molecule has 2 aromatic rings. The van der Waals surface area contributed by atoms with Crippen molar-refractivity contribution >= 4 is 33.0 Å². The SMILES string of the molecule is CC(=O)Nc1cccc(NC(=O)c2c3c(nn2C2CCS(=O)(=O)C2)CCC3)c1. The number of anilines is 2. The fraction of sp³-hybridized carbons (Fsp3) is 0.421. The van der Waals surface area contributed by atoms with Crippen molar-refractivity contribution in [1.82, 2.24) is 9.78 Å². The van der Waals surface area contributed by atoms with Crippen molar-refractivity contribution in [3.8, 4) is 0 Å². The van der Waals surface area contributed by atoms with Crippen LogP contribution in [0.5, 0.6) is 0 Å². The van der Waals surface area contributed by atoms with Crippen LogP contribution in [0.1, 0.15) is 47.6 Å². The molecule has 0 spiro atoms. The van der Waals surface area contributed by atoms with Crippen molar-refractivity contribution in [3.05, 3.63) is 41.2 Å². The third-order valence-corrected chi connectivity index (χ3v) is 6.89. The van der Waals surface area contributed by atoms with Gasteiger partial charge in [0.25, 0.3) is 5.91 Å². The van der Waals surface area contributed by atoms with Gasteiger partial charge < -0.3 is 10.6 Å². The Kier molecular flexibility index (Phi) is 4.70. The molecule has 4 rings (SSSR count). The monoisotopic (exact) mass is 402 g/mol. The highest BCUT2D eigenvalue weighted by molar-refractivity contribution is 7.91. The molecule has 1 atom stereocenters. The van der Waals surface area contributed by atoms with Crippen LogP contribution in [0.15, 0.2) is 24.3 Å². The van der Waals surface area contributed by atoms with Crippen LogP contribution in [0, 0.1) is 0 Å². The highest BCUT2D eigenvalue weighted by Crippen LogP contribution is 2.31. The number of amides is 2. The summed E-state index contributed by atoms with van der Waals surface area (Å²) < 4.78 is 25.4. The van der Waals surface area contributed by atoms with Crippen LogP contribution in [-0.2, 0) is 27.5 Å². The number of aryl methyl sites for hydroxylation is 1. The second kappa shape index (κ2) is 7.05. The minimum atomic E-state index is -3.09. The van der Waals surface area contributed by atoms with Crippen molar-refractivity contribution in [1.29, 1.82) is 0 Å². The summed E-state index contributed by atoms with van der Waals surface area (Å²) in [5.41, 5.74) is 3.40. The summed E-state index contributed by atoms with van der Waals surface area (Å²) in [7, 11) is -3.09. The van der Waals surface area contributed by atoms with Gasteiger partial charge in [0.1, 0.15) is 5.69 Å². The van der Waals surface area contributed by atoms with Crippen LogP contribution < -0.4 is 10.6 Å². The third kappa shape index (κ3) is 3.66. The zero-order valence-electron chi connectivity index (χ0n) is 15.6. The molecule has 0 saturated carbocycles. The maximum absolute atomic E-state index is 13.1. The molecule has 28 heavy (non-hydrogen) atoms. The summed E-state index contributed by atoms with van der Waals surface area (Å²) in [5, 5.41) is 10.1. The van der Waals surface area contributed by atoms with Crippen molar-refractivity contribution in [3.63, 3.8) is 0 Å². The van der Waals surface area contributed by atoms with Gasteiger partial charge in [-0.3, -0.25) is 14.3 Å². The van der Waals surface area contributed by atoms with Crippen molar-refractivity contribution in [2.75, 3.05) is 22.1 Å². The van der Waals surface area contributed by atoms with E-state index < -0.39 is 9.84 Å². The summed E-state index contributed by atoms with van der Waals surface area (Å²) in [6, 6.07) is 6.60. The molecule has 1 unspecified atom stereocenters. The van der Waals surface area contributed by atoms with E-state index in [1.165, 1.54) is 6.92 Å². The van der Waals surface area contributed by atoms with Gasteiger partial charge >= 0.3 is 0 Å². The Hall–Kier alpha value is -2.68. The molecule has 1 aliphatic heterocycles. The van der Waals surface area contributed by atoms with Gasteiger partial charge in [0, 0.05) is 23.9 Å². The molecular formula is C19H22N4O4S. The molecular weight excluding hydrogens is 380 g/mol.